The topological polar surface area (TPSA) is 26.3 Å². The van der Waals surface area contributed by atoms with E-state index >= 15 is 0 Å². The van der Waals surface area contributed by atoms with E-state index in [1.165, 1.54) is 0 Å². The van der Waals surface area contributed by atoms with Gasteiger partial charge in [0.15, 0.2) is 0 Å². The van der Waals surface area contributed by atoms with E-state index in [0.717, 1.165) is 11.1 Å². The second-order valence-electron chi connectivity index (χ2n) is 3.33. The average Bonchev–Trinajstić information content (AvgIpc) is 2.26. The van der Waals surface area contributed by atoms with Crippen LogP contribution in [0.2, 0.25) is 0 Å². The number of benzene rings is 1. The number of ether oxygens (including phenoxy) is 1. The van der Waals surface area contributed by atoms with E-state index in [4.69, 9.17) is 4.74 Å². The van der Waals surface area contributed by atoms with Crippen LogP contribution in [0.3, 0.4) is 0 Å². The molecule has 0 heterocycles. The molecule has 0 N–H and O–H groups in total. The van der Waals surface area contributed by atoms with Crippen molar-refractivity contribution in [2.45, 2.75) is 6.92 Å². The number of carbonyl (C=O) groups is 1. The SMILES string of the molecule is C=C(C)C(=O)OCC(=C)c1ccccc1. The van der Waals surface area contributed by atoms with Crippen molar-refractivity contribution in [1.82, 2.24) is 0 Å². The van der Waals surface area contributed by atoms with Gasteiger partial charge in [-0.25, -0.2) is 4.79 Å². The van der Waals surface area contributed by atoms with Crippen molar-refractivity contribution in [2.24, 2.45) is 0 Å². The highest BCUT2D eigenvalue weighted by atomic mass is 16.5. The third kappa shape index (κ3) is 3.43. The largest absolute Gasteiger partial charge is 0.457 e. The Hall–Kier alpha value is -1.83. The fourth-order valence-electron chi connectivity index (χ4n) is 1.03. The minimum absolute atomic E-state index is 0.204. The molecule has 78 valence electrons. The van der Waals surface area contributed by atoms with Crippen LogP contribution in [0.5, 0.6) is 0 Å². The molecule has 0 aliphatic carbocycles. The molecule has 0 fully saturated rings. The summed E-state index contributed by atoms with van der Waals surface area (Å²) in [6, 6.07) is 9.62. The molecule has 0 amide bonds. The van der Waals surface area contributed by atoms with Gasteiger partial charge < -0.3 is 4.74 Å². The van der Waals surface area contributed by atoms with E-state index in [9.17, 15) is 4.79 Å². The molecule has 1 aromatic rings. The van der Waals surface area contributed by atoms with Gasteiger partial charge in [0, 0.05) is 5.57 Å². The normalized spacial score (nSPS) is 9.40. The van der Waals surface area contributed by atoms with E-state index in [1.54, 1.807) is 6.92 Å². The summed E-state index contributed by atoms with van der Waals surface area (Å²) in [6.07, 6.45) is 0. The number of hydrogen-bond acceptors (Lipinski definition) is 2. The maximum atomic E-state index is 11.1. The maximum Gasteiger partial charge on any atom is 0.333 e. The molecule has 1 aromatic carbocycles. The molecule has 0 atom stereocenters. The van der Waals surface area contributed by atoms with Crippen LogP contribution in [0, 0.1) is 0 Å². The first-order valence-corrected chi connectivity index (χ1v) is 4.67. The van der Waals surface area contributed by atoms with Crippen molar-refractivity contribution < 1.29 is 9.53 Å². The first-order chi connectivity index (χ1) is 7.11. The predicted molar refractivity (Wildman–Crippen MR) is 61.2 cm³/mol. The molecule has 0 aliphatic heterocycles. The standard InChI is InChI=1S/C13H14O2/c1-10(2)13(14)15-9-11(3)12-7-5-4-6-8-12/h4-8H,1,3,9H2,2H3. The molecule has 2 heteroatoms. The van der Waals surface area contributed by atoms with E-state index in [-0.39, 0.29) is 12.6 Å². The van der Waals surface area contributed by atoms with Crippen molar-refractivity contribution in [3.63, 3.8) is 0 Å². The lowest BCUT2D eigenvalue weighted by Gasteiger charge is -2.07. The Morgan fingerprint density at radius 3 is 2.40 bits per heavy atom. The Labute approximate surface area is 89.9 Å². The van der Waals surface area contributed by atoms with Gasteiger partial charge in [-0.15, -0.1) is 0 Å². The van der Waals surface area contributed by atoms with Crippen LogP contribution in [0.1, 0.15) is 12.5 Å². The third-order valence-corrected chi connectivity index (χ3v) is 1.91. The highest BCUT2D eigenvalue weighted by Gasteiger charge is 2.04. The lowest BCUT2D eigenvalue weighted by Crippen LogP contribution is -2.07. The van der Waals surface area contributed by atoms with Crippen LogP contribution < -0.4 is 0 Å². The molecule has 0 aliphatic rings. The van der Waals surface area contributed by atoms with Gasteiger partial charge in [0.1, 0.15) is 6.61 Å². The van der Waals surface area contributed by atoms with Gasteiger partial charge in [0.05, 0.1) is 0 Å². The second-order valence-corrected chi connectivity index (χ2v) is 3.33. The zero-order valence-electron chi connectivity index (χ0n) is 8.82. The highest BCUT2D eigenvalue weighted by Crippen LogP contribution is 2.12. The second kappa shape index (κ2) is 5.15. The Kier molecular flexibility index (Phi) is 3.86. The highest BCUT2D eigenvalue weighted by molar-refractivity contribution is 5.87. The van der Waals surface area contributed by atoms with Gasteiger partial charge in [-0.05, 0) is 18.1 Å². The van der Waals surface area contributed by atoms with Gasteiger partial charge in [0.2, 0.25) is 0 Å². The van der Waals surface area contributed by atoms with Crippen LogP contribution in [-0.4, -0.2) is 12.6 Å². The van der Waals surface area contributed by atoms with Crippen molar-refractivity contribution >= 4 is 11.5 Å². The molecule has 1 rings (SSSR count). The fraction of sp³-hybridized carbons (Fsp3) is 0.154. The van der Waals surface area contributed by atoms with Crippen molar-refractivity contribution in [1.29, 1.82) is 0 Å². The average molecular weight is 202 g/mol. The van der Waals surface area contributed by atoms with E-state index < -0.39 is 0 Å². The van der Waals surface area contributed by atoms with Gasteiger partial charge >= 0.3 is 5.97 Å². The van der Waals surface area contributed by atoms with Crippen LogP contribution in [-0.2, 0) is 9.53 Å². The van der Waals surface area contributed by atoms with Crippen molar-refractivity contribution in [3.05, 3.63) is 54.6 Å². The molecule has 0 saturated carbocycles. The molecular weight excluding hydrogens is 188 g/mol. The van der Waals surface area contributed by atoms with Gasteiger partial charge in [-0.2, -0.15) is 0 Å². The Morgan fingerprint density at radius 2 is 1.87 bits per heavy atom. The Balaban J connectivity index is 2.51. The summed E-state index contributed by atoms with van der Waals surface area (Å²) < 4.78 is 4.98. The molecule has 0 bridgehead atoms. The van der Waals surface area contributed by atoms with E-state index in [0.29, 0.717) is 5.57 Å². The number of carbonyl (C=O) groups excluding carboxylic acids is 1. The quantitative estimate of drug-likeness (QED) is 0.554. The van der Waals surface area contributed by atoms with E-state index in [2.05, 4.69) is 13.2 Å². The lowest BCUT2D eigenvalue weighted by molar-refractivity contribution is -0.137. The van der Waals surface area contributed by atoms with Crippen LogP contribution in [0.25, 0.3) is 5.57 Å². The predicted octanol–water partition coefficient (Wildman–Crippen LogP) is 2.82. The minimum Gasteiger partial charge on any atom is -0.457 e. The molecule has 15 heavy (non-hydrogen) atoms. The van der Waals surface area contributed by atoms with Crippen LogP contribution >= 0.6 is 0 Å². The summed E-state index contributed by atoms with van der Waals surface area (Å²) in [4.78, 5) is 11.1. The monoisotopic (exact) mass is 202 g/mol. The first-order valence-electron chi connectivity index (χ1n) is 4.67. The molecule has 0 radical (unpaired) electrons. The maximum absolute atomic E-state index is 11.1. The summed E-state index contributed by atoms with van der Waals surface area (Å²) >= 11 is 0. The summed E-state index contributed by atoms with van der Waals surface area (Å²) in [7, 11) is 0. The van der Waals surface area contributed by atoms with Crippen LogP contribution in [0.15, 0.2) is 49.1 Å². The summed E-state index contributed by atoms with van der Waals surface area (Å²) in [5.41, 5.74) is 2.16. The molecule has 0 unspecified atom stereocenters. The van der Waals surface area contributed by atoms with Crippen molar-refractivity contribution in [2.75, 3.05) is 6.61 Å². The minimum atomic E-state index is -0.382. The molecular formula is C13H14O2. The summed E-state index contributed by atoms with van der Waals surface area (Å²) in [5, 5.41) is 0. The number of hydrogen-bond donors (Lipinski definition) is 0. The number of esters is 1. The smallest absolute Gasteiger partial charge is 0.333 e. The Morgan fingerprint density at radius 1 is 1.27 bits per heavy atom. The first kappa shape index (κ1) is 11.2. The molecule has 2 nitrogen and oxygen atoms in total. The number of rotatable bonds is 4. The van der Waals surface area contributed by atoms with Gasteiger partial charge in [0.25, 0.3) is 0 Å². The van der Waals surface area contributed by atoms with Crippen LogP contribution in [0.4, 0.5) is 0 Å². The third-order valence-electron chi connectivity index (χ3n) is 1.91. The van der Waals surface area contributed by atoms with Gasteiger partial charge in [-0.1, -0.05) is 43.5 Å². The molecule has 0 aromatic heterocycles. The molecule has 0 saturated heterocycles. The summed E-state index contributed by atoms with van der Waals surface area (Å²) in [6.45, 7) is 9.17. The Bertz CT molecular complexity index is 377. The fourth-order valence-corrected chi connectivity index (χ4v) is 1.03. The van der Waals surface area contributed by atoms with E-state index in [1.807, 2.05) is 30.3 Å². The zero-order chi connectivity index (χ0) is 11.3. The molecule has 0 spiro atoms. The zero-order valence-corrected chi connectivity index (χ0v) is 8.82. The summed E-state index contributed by atoms with van der Waals surface area (Å²) in [5.74, 6) is -0.382. The van der Waals surface area contributed by atoms with Crippen molar-refractivity contribution in [3.8, 4) is 0 Å². The van der Waals surface area contributed by atoms with Gasteiger partial charge in [-0.3, -0.25) is 0 Å². The lowest BCUT2D eigenvalue weighted by atomic mass is 10.1.